The molecule has 2 aromatic carbocycles. The molecular weight excluding hydrogens is 438 g/mol. The Bertz CT molecular complexity index is 1230. The van der Waals surface area contributed by atoms with Crippen LogP contribution < -0.4 is 14.4 Å². The molecule has 1 saturated heterocycles. The summed E-state index contributed by atoms with van der Waals surface area (Å²) in [5.41, 5.74) is 1.25. The number of hydrogen-bond donors (Lipinski definition) is 0. The molecule has 1 fully saturated rings. The van der Waals surface area contributed by atoms with Gasteiger partial charge in [0, 0.05) is 32.4 Å². The van der Waals surface area contributed by atoms with Gasteiger partial charge < -0.3 is 19.3 Å². The van der Waals surface area contributed by atoms with Gasteiger partial charge in [-0.2, -0.15) is 0 Å². The van der Waals surface area contributed by atoms with Crippen molar-refractivity contribution < 1.29 is 22.7 Å². The van der Waals surface area contributed by atoms with Crippen molar-refractivity contribution in [3.05, 3.63) is 42.0 Å². The van der Waals surface area contributed by atoms with Crippen molar-refractivity contribution in [1.29, 1.82) is 0 Å². The van der Waals surface area contributed by atoms with E-state index in [1.54, 1.807) is 48.4 Å². The SMILES string of the molecule is COc1cccc(C(=O)N2CCN(c3nc4ccc(S(C)(=O)=O)cc4s3)CC2)c1OC. The standard InChI is InChI=1S/C21H23N3O5S2/c1-28-17-6-4-5-15(19(17)29-2)20(25)23-9-11-24(12-10-23)21-22-16-8-7-14(31(3,26)27)13-18(16)30-21/h4-8,13H,9-12H2,1-3H3. The largest absolute Gasteiger partial charge is 0.493 e. The van der Waals surface area contributed by atoms with Crippen molar-refractivity contribution in [3.8, 4) is 11.5 Å². The molecule has 164 valence electrons. The molecule has 0 aliphatic carbocycles. The Morgan fingerprint density at radius 2 is 1.81 bits per heavy atom. The van der Waals surface area contributed by atoms with Crippen molar-refractivity contribution in [2.75, 3.05) is 51.6 Å². The number of fused-ring (bicyclic) bond motifs is 1. The number of rotatable bonds is 5. The first-order chi connectivity index (χ1) is 14.8. The van der Waals surface area contributed by atoms with Crippen LogP contribution in [0.1, 0.15) is 10.4 Å². The number of aromatic nitrogens is 1. The topological polar surface area (TPSA) is 89.0 Å². The van der Waals surface area contributed by atoms with Crippen LogP contribution in [0, 0.1) is 0 Å². The van der Waals surface area contributed by atoms with Gasteiger partial charge in [0.1, 0.15) is 0 Å². The fourth-order valence-corrected chi connectivity index (χ4v) is 5.36. The molecule has 0 saturated carbocycles. The first kappa shape index (κ1) is 21.4. The van der Waals surface area contributed by atoms with Crippen LogP contribution in [0.5, 0.6) is 11.5 Å². The van der Waals surface area contributed by atoms with Gasteiger partial charge in [-0.05, 0) is 30.3 Å². The van der Waals surface area contributed by atoms with E-state index in [9.17, 15) is 13.2 Å². The third kappa shape index (κ3) is 4.17. The minimum absolute atomic E-state index is 0.0995. The van der Waals surface area contributed by atoms with Crippen LogP contribution >= 0.6 is 11.3 Å². The van der Waals surface area contributed by atoms with Crippen molar-refractivity contribution in [2.45, 2.75) is 4.90 Å². The summed E-state index contributed by atoms with van der Waals surface area (Å²) in [6, 6.07) is 10.3. The minimum Gasteiger partial charge on any atom is -0.493 e. The average Bonchev–Trinajstić information content (AvgIpc) is 3.21. The third-order valence-electron chi connectivity index (χ3n) is 5.25. The predicted molar refractivity (Wildman–Crippen MR) is 120 cm³/mol. The predicted octanol–water partition coefficient (Wildman–Crippen LogP) is 2.68. The number of carbonyl (C=O) groups excluding carboxylic acids is 1. The van der Waals surface area contributed by atoms with E-state index in [4.69, 9.17) is 9.47 Å². The van der Waals surface area contributed by atoms with Crippen molar-refractivity contribution in [1.82, 2.24) is 9.88 Å². The summed E-state index contributed by atoms with van der Waals surface area (Å²) in [5.74, 6) is 0.859. The first-order valence-corrected chi connectivity index (χ1v) is 12.4. The van der Waals surface area contributed by atoms with Gasteiger partial charge in [-0.15, -0.1) is 0 Å². The Morgan fingerprint density at radius 1 is 1.06 bits per heavy atom. The summed E-state index contributed by atoms with van der Waals surface area (Å²) in [5, 5.41) is 0.826. The van der Waals surface area contributed by atoms with Gasteiger partial charge in [-0.3, -0.25) is 4.79 Å². The van der Waals surface area contributed by atoms with Crippen LogP contribution in [0.25, 0.3) is 10.2 Å². The summed E-state index contributed by atoms with van der Waals surface area (Å²) in [4.78, 5) is 21.9. The van der Waals surface area contributed by atoms with E-state index < -0.39 is 9.84 Å². The fraction of sp³-hybridized carbons (Fsp3) is 0.333. The number of nitrogens with zero attached hydrogens (tertiary/aromatic N) is 3. The zero-order valence-electron chi connectivity index (χ0n) is 17.5. The second kappa shape index (κ2) is 8.35. The van der Waals surface area contributed by atoms with E-state index in [1.807, 2.05) is 0 Å². The average molecular weight is 462 g/mol. The number of piperazine rings is 1. The van der Waals surface area contributed by atoms with Gasteiger partial charge in [-0.1, -0.05) is 17.4 Å². The maximum Gasteiger partial charge on any atom is 0.257 e. The molecule has 1 aliphatic heterocycles. The Labute approximate surface area is 184 Å². The number of sulfone groups is 1. The van der Waals surface area contributed by atoms with Crippen molar-refractivity contribution >= 4 is 42.4 Å². The van der Waals surface area contributed by atoms with Crippen LogP contribution in [0.2, 0.25) is 0 Å². The number of benzene rings is 2. The number of anilines is 1. The van der Waals surface area contributed by atoms with Gasteiger partial charge in [0.05, 0.1) is 34.9 Å². The molecule has 8 nitrogen and oxygen atoms in total. The molecule has 4 rings (SSSR count). The lowest BCUT2D eigenvalue weighted by molar-refractivity contribution is 0.0742. The highest BCUT2D eigenvalue weighted by atomic mass is 32.2. The molecule has 1 aromatic heterocycles. The lowest BCUT2D eigenvalue weighted by Crippen LogP contribution is -2.48. The molecule has 0 spiro atoms. The fourth-order valence-electron chi connectivity index (χ4n) is 3.59. The van der Waals surface area contributed by atoms with Crippen molar-refractivity contribution in [2.24, 2.45) is 0 Å². The quantitative estimate of drug-likeness (QED) is 0.577. The van der Waals surface area contributed by atoms with E-state index in [0.29, 0.717) is 43.2 Å². The summed E-state index contributed by atoms with van der Waals surface area (Å²) in [6.07, 6.45) is 1.20. The highest BCUT2D eigenvalue weighted by molar-refractivity contribution is 7.90. The van der Waals surface area contributed by atoms with Gasteiger partial charge in [-0.25, -0.2) is 13.4 Å². The number of para-hydroxylation sites is 1. The highest BCUT2D eigenvalue weighted by Crippen LogP contribution is 2.33. The number of amides is 1. The van der Waals surface area contributed by atoms with Crippen LogP contribution in [0.3, 0.4) is 0 Å². The minimum atomic E-state index is -3.26. The monoisotopic (exact) mass is 461 g/mol. The van der Waals surface area contributed by atoms with Crippen LogP contribution in [0.4, 0.5) is 5.13 Å². The second-order valence-electron chi connectivity index (χ2n) is 7.22. The first-order valence-electron chi connectivity index (χ1n) is 9.67. The summed E-state index contributed by atoms with van der Waals surface area (Å²) >= 11 is 1.46. The van der Waals surface area contributed by atoms with E-state index in [2.05, 4.69) is 9.88 Å². The molecule has 0 atom stereocenters. The molecule has 1 amide bonds. The molecule has 0 bridgehead atoms. The number of hydrogen-bond acceptors (Lipinski definition) is 8. The zero-order chi connectivity index (χ0) is 22.2. The zero-order valence-corrected chi connectivity index (χ0v) is 19.1. The number of thiazole rings is 1. The highest BCUT2D eigenvalue weighted by Gasteiger charge is 2.27. The molecule has 0 N–H and O–H groups in total. The molecule has 0 unspecified atom stereocenters. The Hall–Kier alpha value is -2.85. The molecule has 0 radical (unpaired) electrons. The van der Waals surface area contributed by atoms with E-state index in [0.717, 1.165) is 15.3 Å². The Morgan fingerprint density at radius 3 is 2.45 bits per heavy atom. The maximum atomic E-state index is 13.1. The molecule has 10 heteroatoms. The lowest BCUT2D eigenvalue weighted by atomic mass is 10.1. The summed E-state index contributed by atoms with van der Waals surface area (Å²) < 4.78 is 35.1. The molecule has 3 aromatic rings. The lowest BCUT2D eigenvalue weighted by Gasteiger charge is -2.34. The van der Waals surface area contributed by atoms with E-state index >= 15 is 0 Å². The van der Waals surface area contributed by atoms with Crippen LogP contribution in [-0.4, -0.2) is 70.9 Å². The van der Waals surface area contributed by atoms with E-state index in [-0.39, 0.29) is 10.8 Å². The third-order valence-corrected chi connectivity index (χ3v) is 7.44. The normalized spacial score (nSPS) is 14.7. The van der Waals surface area contributed by atoms with Gasteiger partial charge in [0.25, 0.3) is 5.91 Å². The maximum absolute atomic E-state index is 13.1. The van der Waals surface area contributed by atoms with Crippen molar-refractivity contribution in [3.63, 3.8) is 0 Å². The number of ether oxygens (including phenoxy) is 2. The molecule has 2 heterocycles. The Balaban J connectivity index is 1.49. The van der Waals surface area contributed by atoms with Gasteiger partial charge in [0.15, 0.2) is 26.5 Å². The molecular formula is C21H23N3O5S2. The molecule has 1 aliphatic rings. The number of carbonyl (C=O) groups is 1. The van der Waals surface area contributed by atoms with Crippen LogP contribution in [-0.2, 0) is 9.84 Å². The Kier molecular flexibility index (Phi) is 5.76. The van der Waals surface area contributed by atoms with Gasteiger partial charge in [0.2, 0.25) is 0 Å². The van der Waals surface area contributed by atoms with Gasteiger partial charge >= 0.3 is 0 Å². The smallest absolute Gasteiger partial charge is 0.257 e. The molecule has 31 heavy (non-hydrogen) atoms. The summed E-state index contributed by atoms with van der Waals surface area (Å²) in [6.45, 7) is 2.36. The van der Waals surface area contributed by atoms with E-state index in [1.165, 1.54) is 24.7 Å². The number of methoxy groups -OCH3 is 2. The van der Waals surface area contributed by atoms with Crippen LogP contribution in [0.15, 0.2) is 41.3 Å². The second-order valence-corrected chi connectivity index (χ2v) is 10.2. The summed E-state index contributed by atoms with van der Waals surface area (Å²) in [7, 11) is -0.196.